The van der Waals surface area contributed by atoms with Gasteiger partial charge in [0.05, 0.1) is 12.5 Å². The summed E-state index contributed by atoms with van der Waals surface area (Å²) in [5.41, 5.74) is 1.16. The summed E-state index contributed by atoms with van der Waals surface area (Å²) in [5, 5.41) is 12.3. The fourth-order valence-corrected chi connectivity index (χ4v) is 3.26. The molecule has 0 unspecified atom stereocenters. The van der Waals surface area contributed by atoms with Crippen molar-refractivity contribution in [1.29, 1.82) is 5.26 Å². The Balaban J connectivity index is 1.89. The zero-order valence-corrected chi connectivity index (χ0v) is 13.4. The topological polar surface area (TPSA) is 35.8 Å². The number of hydrogen-bond donors (Lipinski definition) is 1. The van der Waals surface area contributed by atoms with Crippen LogP contribution in [0.2, 0.25) is 0 Å². The van der Waals surface area contributed by atoms with E-state index in [1.165, 1.54) is 0 Å². The van der Waals surface area contributed by atoms with E-state index in [1.807, 2.05) is 0 Å². The lowest BCUT2D eigenvalue weighted by molar-refractivity contribution is -0.127. The van der Waals surface area contributed by atoms with E-state index in [0.29, 0.717) is 24.6 Å². The van der Waals surface area contributed by atoms with Gasteiger partial charge in [-0.3, -0.25) is 0 Å². The normalized spacial score (nSPS) is 25.1. The summed E-state index contributed by atoms with van der Waals surface area (Å²) >= 11 is 0. The Hall–Kier alpha value is -1.54. The van der Waals surface area contributed by atoms with Crippen molar-refractivity contribution in [2.45, 2.75) is 64.2 Å². The van der Waals surface area contributed by atoms with Crippen molar-refractivity contribution in [2.24, 2.45) is 5.41 Å². The number of nitrogens with one attached hydrogen (secondary N) is 1. The minimum absolute atomic E-state index is 0.0983. The van der Waals surface area contributed by atoms with E-state index in [2.05, 4.69) is 18.3 Å². The molecule has 0 spiro atoms. The van der Waals surface area contributed by atoms with Crippen molar-refractivity contribution in [3.8, 4) is 6.07 Å². The number of rotatable bonds is 5. The Labute approximate surface area is 135 Å². The Kier molecular flexibility index (Phi) is 5.69. The third kappa shape index (κ3) is 5.54. The van der Waals surface area contributed by atoms with Crippen molar-refractivity contribution in [1.82, 2.24) is 5.32 Å². The van der Waals surface area contributed by atoms with Gasteiger partial charge in [-0.15, -0.1) is 0 Å². The molecule has 0 bridgehead atoms. The van der Waals surface area contributed by atoms with Gasteiger partial charge in [0.2, 0.25) is 0 Å². The van der Waals surface area contributed by atoms with Gasteiger partial charge in [-0.05, 0) is 42.2 Å². The van der Waals surface area contributed by atoms with Crippen molar-refractivity contribution in [3.05, 3.63) is 35.4 Å². The van der Waals surface area contributed by atoms with E-state index in [4.69, 9.17) is 5.26 Å². The summed E-state index contributed by atoms with van der Waals surface area (Å²) < 4.78 is 37.9. The van der Waals surface area contributed by atoms with Gasteiger partial charge in [-0.1, -0.05) is 31.2 Å². The van der Waals surface area contributed by atoms with Gasteiger partial charge in [-0.25, -0.2) is 0 Å². The molecule has 1 fully saturated rings. The molecule has 1 aliphatic rings. The average Bonchev–Trinajstić information content (AvgIpc) is 2.47. The molecule has 5 heteroatoms. The number of halogens is 3. The van der Waals surface area contributed by atoms with Crippen LogP contribution in [0.25, 0.3) is 0 Å². The summed E-state index contributed by atoms with van der Waals surface area (Å²) in [4.78, 5) is 0. The van der Waals surface area contributed by atoms with Crippen LogP contribution in [0.5, 0.6) is 0 Å². The fourth-order valence-electron chi connectivity index (χ4n) is 3.26. The van der Waals surface area contributed by atoms with Gasteiger partial charge in [0, 0.05) is 19.0 Å². The molecule has 0 radical (unpaired) electrons. The van der Waals surface area contributed by atoms with Crippen LogP contribution in [0.4, 0.5) is 13.2 Å². The number of alkyl halides is 3. The molecular weight excluding hydrogens is 301 g/mol. The van der Waals surface area contributed by atoms with E-state index in [1.54, 1.807) is 24.3 Å². The largest absolute Gasteiger partial charge is 0.393 e. The molecule has 1 saturated carbocycles. The van der Waals surface area contributed by atoms with Crippen molar-refractivity contribution in [2.75, 3.05) is 0 Å². The lowest BCUT2D eigenvalue weighted by Gasteiger charge is -2.36. The first-order valence-electron chi connectivity index (χ1n) is 8.05. The van der Waals surface area contributed by atoms with Crippen LogP contribution >= 0.6 is 0 Å². The molecule has 0 atom stereocenters. The lowest BCUT2D eigenvalue weighted by atomic mass is 9.72. The SMILES string of the molecule is C[C@]1(CC#N)CC[C@@H](NCc2ccccc2CC(F)(F)F)CC1. The van der Waals surface area contributed by atoms with Crippen molar-refractivity contribution in [3.63, 3.8) is 0 Å². The zero-order chi connectivity index (χ0) is 16.9. The fraction of sp³-hybridized carbons (Fsp3) is 0.611. The minimum atomic E-state index is -4.18. The molecule has 0 heterocycles. The summed E-state index contributed by atoms with van der Waals surface area (Å²) in [5.74, 6) is 0. The lowest BCUT2D eigenvalue weighted by Crippen LogP contribution is -2.36. The second-order valence-corrected chi connectivity index (χ2v) is 6.86. The molecule has 126 valence electrons. The maximum Gasteiger partial charge on any atom is 0.393 e. The highest BCUT2D eigenvalue weighted by molar-refractivity contribution is 5.27. The van der Waals surface area contributed by atoms with Crippen LogP contribution in [0.3, 0.4) is 0 Å². The highest BCUT2D eigenvalue weighted by Gasteiger charge is 2.31. The number of nitrogens with zero attached hydrogens (tertiary/aromatic N) is 1. The molecule has 1 aromatic rings. The van der Waals surface area contributed by atoms with E-state index < -0.39 is 12.6 Å². The zero-order valence-electron chi connectivity index (χ0n) is 13.4. The Morgan fingerprint density at radius 1 is 1.22 bits per heavy atom. The van der Waals surface area contributed by atoms with E-state index in [-0.39, 0.29) is 5.41 Å². The molecule has 23 heavy (non-hydrogen) atoms. The van der Waals surface area contributed by atoms with Crippen LogP contribution in [-0.4, -0.2) is 12.2 Å². The predicted octanol–water partition coefficient (Wildman–Crippen LogP) is 4.74. The smallest absolute Gasteiger partial charge is 0.310 e. The second-order valence-electron chi connectivity index (χ2n) is 6.86. The summed E-state index contributed by atoms with van der Waals surface area (Å²) in [6, 6.07) is 9.32. The molecule has 1 aliphatic carbocycles. The highest BCUT2D eigenvalue weighted by atomic mass is 19.4. The Bertz CT molecular complexity index is 552. The van der Waals surface area contributed by atoms with Crippen LogP contribution in [-0.2, 0) is 13.0 Å². The highest BCUT2D eigenvalue weighted by Crippen LogP contribution is 2.38. The van der Waals surface area contributed by atoms with Gasteiger partial charge in [0.25, 0.3) is 0 Å². The number of hydrogen-bond acceptors (Lipinski definition) is 2. The van der Waals surface area contributed by atoms with Crippen LogP contribution < -0.4 is 5.32 Å². The molecule has 1 aromatic carbocycles. The minimum Gasteiger partial charge on any atom is -0.310 e. The molecular formula is C18H23F3N2. The first-order chi connectivity index (χ1) is 10.8. The molecule has 0 aromatic heterocycles. The molecule has 1 N–H and O–H groups in total. The van der Waals surface area contributed by atoms with Crippen molar-refractivity contribution >= 4 is 0 Å². The van der Waals surface area contributed by atoms with Crippen LogP contribution in [0.1, 0.15) is 50.2 Å². The van der Waals surface area contributed by atoms with Gasteiger partial charge in [-0.2, -0.15) is 18.4 Å². The van der Waals surface area contributed by atoms with Gasteiger partial charge in [0.1, 0.15) is 0 Å². The quantitative estimate of drug-likeness (QED) is 0.849. The van der Waals surface area contributed by atoms with Crippen LogP contribution in [0, 0.1) is 16.7 Å². The van der Waals surface area contributed by atoms with E-state index >= 15 is 0 Å². The Morgan fingerprint density at radius 2 is 1.83 bits per heavy atom. The van der Waals surface area contributed by atoms with Crippen LogP contribution in [0.15, 0.2) is 24.3 Å². The van der Waals surface area contributed by atoms with E-state index in [0.717, 1.165) is 31.2 Å². The second kappa shape index (κ2) is 7.35. The van der Waals surface area contributed by atoms with Gasteiger partial charge >= 0.3 is 6.18 Å². The first-order valence-corrected chi connectivity index (χ1v) is 8.05. The number of benzene rings is 1. The summed E-state index contributed by atoms with van der Waals surface area (Å²) in [6.45, 7) is 2.61. The van der Waals surface area contributed by atoms with Gasteiger partial charge in [0.15, 0.2) is 0 Å². The first kappa shape index (κ1) is 17.8. The maximum atomic E-state index is 12.6. The molecule has 0 saturated heterocycles. The standard InChI is InChI=1S/C18H23F3N2/c1-17(10-11-22)8-6-16(7-9-17)23-13-15-5-3-2-4-14(15)12-18(19,20)21/h2-5,16,23H,6-10,12-13H2,1H3/t16-,17+. The summed E-state index contributed by atoms with van der Waals surface area (Å²) in [7, 11) is 0. The van der Waals surface area contributed by atoms with Crippen molar-refractivity contribution < 1.29 is 13.2 Å². The Morgan fingerprint density at radius 3 is 2.39 bits per heavy atom. The molecule has 2 rings (SSSR count). The molecule has 0 amide bonds. The third-order valence-corrected chi connectivity index (χ3v) is 4.79. The average molecular weight is 324 g/mol. The number of nitriles is 1. The molecule has 0 aliphatic heterocycles. The predicted molar refractivity (Wildman–Crippen MR) is 83.6 cm³/mol. The molecule has 2 nitrogen and oxygen atoms in total. The third-order valence-electron chi connectivity index (χ3n) is 4.79. The van der Waals surface area contributed by atoms with E-state index in [9.17, 15) is 13.2 Å². The maximum absolute atomic E-state index is 12.6. The summed E-state index contributed by atoms with van der Waals surface area (Å²) in [6.07, 6.45) is -0.561. The monoisotopic (exact) mass is 324 g/mol. The van der Waals surface area contributed by atoms with Gasteiger partial charge < -0.3 is 5.32 Å².